The van der Waals surface area contributed by atoms with E-state index in [1.54, 1.807) is 0 Å². The van der Waals surface area contributed by atoms with Gasteiger partial charge in [0.15, 0.2) is 0 Å². The van der Waals surface area contributed by atoms with Crippen molar-refractivity contribution in [1.29, 1.82) is 0 Å². The van der Waals surface area contributed by atoms with Crippen molar-refractivity contribution < 1.29 is 30.0 Å². The molecule has 28 heavy (non-hydrogen) atoms. The van der Waals surface area contributed by atoms with E-state index in [0.717, 1.165) is 4.90 Å². The van der Waals surface area contributed by atoms with Crippen molar-refractivity contribution in [3.8, 4) is 11.5 Å². The molecule has 10 heteroatoms. The Morgan fingerprint density at radius 2 is 1.29 bits per heavy atom. The molecule has 2 atom stereocenters. The van der Waals surface area contributed by atoms with Crippen LogP contribution in [-0.2, 0) is 9.59 Å². The summed E-state index contributed by atoms with van der Waals surface area (Å²) in [6, 6.07) is 5.42. The number of aliphatic carboxylic acids is 2. The van der Waals surface area contributed by atoms with Crippen LogP contribution in [0, 0.1) is 0 Å². The van der Waals surface area contributed by atoms with Gasteiger partial charge in [-0.1, -0.05) is 31.9 Å². The normalized spacial score (nSPS) is 13.3. The van der Waals surface area contributed by atoms with Crippen molar-refractivity contribution in [3.05, 3.63) is 56.5 Å². The lowest BCUT2D eigenvalue weighted by molar-refractivity contribution is -0.151. The maximum Gasteiger partial charge on any atom is 0.325 e. The fraction of sp³-hybridized carbons (Fsp3) is 0.222. The van der Waals surface area contributed by atoms with Crippen LogP contribution in [0.5, 0.6) is 11.5 Å². The fourth-order valence-electron chi connectivity index (χ4n) is 2.95. The van der Waals surface area contributed by atoms with E-state index < -0.39 is 24.0 Å². The molecule has 0 aliphatic carbocycles. The summed E-state index contributed by atoms with van der Waals surface area (Å²) in [6.07, 6.45) is 0. The molecule has 6 N–H and O–H groups in total. The van der Waals surface area contributed by atoms with Gasteiger partial charge in [-0.3, -0.25) is 14.5 Å². The highest BCUT2D eigenvalue weighted by Crippen LogP contribution is 2.39. The van der Waals surface area contributed by atoms with E-state index in [0.29, 0.717) is 8.95 Å². The lowest BCUT2D eigenvalue weighted by Crippen LogP contribution is -2.43. The maximum atomic E-state index is 12.1. The predicted octanol–water partition coefficient (Wildman–Crippen LogP) is 2.84. The summed E-state index contributed by atoms with van der Waals surface area (Å²) in [5, 5.41) is 40.2. The Kier molecular flexibility index (Phi) is 7.41. The van der Waals surface area contributed by atoms with Crippen LogP contribution in [0.2, 0.25) is 0 Å². The first-order valence-electron chi connectivity index (χ1n) is 8.05. The number of hydrogen-bond acceptors (Lipinski definition) is 6. The molecular weight excluding hydrogens is 500 g/mol. The number of rotatable bonds is 8. The van der Waals surface area contributed by atoms with Gasteiger partial charge >= 0.3 is 11.9 Å². The van der Waals surface area contributed by atoms with E-state index in [1.807, 2.05) is 0 Å². The van der Waals surface area contributed by atoms with E-state index in [9.17, 15) is 30.0 Å². The van der Waals surface area contributed by atoms with Gasteiger partial charge in [-0.05, 0) is 36.4 Å². The number of benzene rings is 2. The van der Waals surface area contributed by atoms with Gasteiger partial charge in [0.1, 0.15) is 23.6 Å². The van der Waals surface area contributed by atoms with Crippen LogP contribution >= 0.6 is 31.9 Å². The number of aromatic hydroxyl groups is 2. The van der Waals surface area contributed by atoms with Gasteiger partial charge < -0.3 is 26.2 Å². The van der Waals surface area contributed by atoms with Crippen molar-refractivity contribution in [2.75, 3.05) is 13.1 Å². The number of carbonyl (C=O) groups is 2. The third kappa shape index (κ3) is 4.82. The molecule has 0 bridgehead atoms. The second-order valence-electron chi connectivity index (χ2n) is 5.91. The van der Waals surface area contributed by atoms with Crippen molar-refractivity contribution in [1.82, 2.24) is 4.90 Å². The summed E-state index contributed by atoms with van der Waals surface area (Å²) in [4.78, 5) is 25.4. The number of hydrogen-bond donors (Lipinski definition) is 5. The zero-order chi connectivity index (χ0) is 21.0. The Morgan fingerprint density at radius 3 is 1.61 bits per heavy atom. The van der Waals surface area contributed by atoms with Crippen LogP contribution in [-0.4, -0.2) is 50.4 Å². The van der Waals surface area contributed by atoms with Gasteiger partial charge in [0.2, 0.25) is 0 Å². The van der Waals surface area contributed by atoms with Crippen LogP contribution in [0.15, 0.2) is 45.3 Å². The van der Waals surface area contributed by atoms with E-state index in [2.05, 4.69) is 31.9 Å². The van der Waals surface area contributed by atoms with Crippen molar-refractivity contribution >= 4 is 43.8 Å². The van der Waals surface area contributed by atoms with Crippen molar-refractivity contribution in [2.45, 2.75) is 12.1 Å². The van der Waals surface area contributed by atoms with Gasteiger partial charge in [0.25, 0.3) is 0 Å². The van der Waals surface area contributed by atoms with E-state index in [-0.39, 0.29) is 35.7 Å². The second-order valence-corrected chi connectivity index (χ2v) is 7.75. The molecule has 2 aromatic carbocycles. The zero-order valence-corrected chi connectivity index (χ0v) is 17.6. The molecule has 150 valence electrons. The quantitative estimate of drug-likeness (QED) is 0.359. The number of nitrogens with two attached hydrogens (primary N) is 1. The molecule has 0 heterocycles. The molecule has 0 aromatic heterocycles. The van der Waals surface area contributed by atoms with E-state index >= 15 is 0 Å². The highest BCUT2D eigenvalue weighted by molar-refractivity contribution is 9.10. The van der Waals surface area contributed by atoms with Crippen LogP contribution in [0.1, 0.15) is 23.2 Å². The summed E-state index contributed by atoms with van der Waals surface area (Å²) in [6.45, 7) is -0.164. The molecule has 0 aliphatic rings. The topological polar surface area (TPSA) is 144 Å². The first kappa shape index (κ1) is 22.2. The highest BCUT2D eigenvalue weighted by atomic mass is 79.9. The standard InChI is InChI=1S/C18H18Br2N2O6/c19-9-1-3-13(23)11(7-9)15(17(25)26)22(6-5-21)16(18(27)28)12-8-10(20)2-4-14(12)24/h1-4,7-8,15-16,23-24H,5-6,21H2,(H,25,26)(H,27,28). The van der Waals surface area contributed by atoms with Gasteiger partial charge in [0, 0.05) is 33.2 Å². The number of halogens is 2. The molecule has 0 spiro atoms. The van der Waals surface area contributed by atoms with Crippen molar-refractivity contribution in [2.24, 2.45) is 5.73 Å². The molecule has 2 unspecified atom stereocenters. The van der Waals surface area contributed by atoms with Crippen LogP contribution < -0.4 is 5.73 Å². The third-order valence-electron chi connectivity index (χ3n) is 4.09. The van der Waals surface area contributed by atoms with Crippen molar-refractivity contribution in [3.63, 3.8) is 0 Å². The second kappa shape index (κ2) is 9.37. The molecular formula is C18H18Br2N2O6. The van der Waals surface area contributed by atoms with Crippen LogP contribution in [0.25, 0.3) is 0 Å². The van der Waals surface area contributed by atoms with Gasteiger partial charge in [-0.2, -0.15) is 0 Å². The summed E-state index contributed by atoms with van der Waals surface area (Å²) in [7, 11) is 0. The SMILES string of the molecule is NCCN(C(C(=O)O)c1cc(Br)ccc1O)C(C(=O)O)c1cc(Br)ccc1O. The Balaban J connectivity index is 2.69. The Bertz CT molecular complexity index is 823. The lowest BCUT2D eigenvalue weighted by Gasteiger charge is -2.34. The zero-order valence-electron chi connectivity index (χ0n) is 14.4. The minimum atomic E-state index is -1.53. The summed E-state index contributed by atoms with van der Waals surface area (Å²) in [5.74, 6) is -3.36. The predicted molar refractivity (Wildman–Crippen MR) is 108 cm³/mol. The first-order chi connectivity index (χ1) is 13.2. The molecule has 0 aliphatic heterocycles. The lowest BCUT2D eigenvalue weighted by atomic mass is 9.97. The Labute approximate surface area is 177 Å². The largest absolute Gasteiger partial charge is 0.508 e. The molecule has 8 nitrogen and oxygen atoms in total. The van der Waals surface area contributed by atoms with Crippen LogP contribution in [0.4, 0.5) is 0 Å². The average Bonchev–Trinajstić information content (AvgIpc) is 2.61. The van der Waals surface area contributed by atoms with E-state index in [4.69, 9.17) is 5.73 Å². The minimum Gasteiger partial charge on any atom is -0.508 e. The van der Waals surface area contributed by atoms with Crippen LogP contribution in [0.3, 0.4) is 0 Å². The third-order valence-corrected chi connectivity index (χ3v) is 5.07. The highest BCUT2D eigenvalue weighted by Gasteiger charge is 2.39. The molecule has 0 saturated heterocycles. The monoisotopic (exact) mass is 516 g/mol. The molecule has 0 saturated carbocycles. The Morgan fingerprint density at radius 1 is 0.893 bits per heavy atom. The summed E-state index contributed by atoms with van der Waals surface area (Å²) < 4.78 is 1.02. The molecule has 0 fully saturated rings. The first-order valence-corrected chi connectivity index (χ1v) is 9.64. The average molecular weight is 518 g/mol. The smallest absolute Gasteiger partial charge is 0.325 e. The number of carboxylic acid groups (broad SMARTS) is 2. The molecule has 0 radical (unpaired) electrons. The van der Waals surface area contributed by atoms with Gasteiger partial charge in [-0.25, -0.2) is 0 Å². The number of phenols is 2. The van der Waals surface area contributed by atoms with Gasteiger partial charge in [0.05, 0.1) is 0 Å². The Hall–Kier alpha value is -2.14. The van der Waals surface area contributed by atoms with Gasteiger partial charge in [-0.15, -0.1) is 0 Å². The maximum absolute atomic E-state index is 12.1. The summed E-state index contributed by atoms with van der Waals surface area (Å²) in [5.41, 5.74) is 5.62. The molecule has 2 aromatic rings. The minimum absolute atomic E-state index is 0.00365. The number of phenolic OH excluding ortho intramolecular Hbond substituents is 2. The molecule has 2 rings (SSSR count). The number of carboxylic acids is 2. The number of nitrogens with zero attached hydrogens (tertiary/aromatic N) is 1. The summed E-state index contributed by atoms with van der Waals surface area (Å²) >= 11 is 6.45. The molecule has 0 amide bonds. The van der Waals surface area contributed by atoms with E-state index in [1.165, 1.54) is 36.4 Å². The fourth-order valence-corrected chi connectivity index (χ4v) is 3.71.